The third-order valence-electron chi connectivity index (χ3n) is 2.45. The summed E-state index contributed by atoms with van der Waals surface area (Å²) in [7, 11) is 0. The molecular formula is C14H14N2O2. The molecule has 0 bridgehead atoms. The van der Waals surface area contributed by atoms with Gasteiger partial charge in [0.15, 0.2) is 0 Å². The van der Waals surface area contributed by atoms with Crippen molar-refractivity contribution >= 4 is 11.7 Å². The summed E-state index contributed by atoms with van der Waals surface area (Å²) in [5.41, 5.74) is 8.22. The van der Waals surface area contributed by atoms with Gasteiger partial charge in [0.1, 0.15) is 5.75 Å². The van der Waals surface area contributed by atoms with Gasteiger partial charge in [0, 0.05) is 23.9 Å². The Hall–Kier alpha value is -2.36. The van der Waals surface area contributed by atoms with Gasteiger partial charge in [-0.2, -0.15) is 0 Å². The lowest BCUT2D eigenvalue weighted by atomic mass is 10.1. The van der Waals surface area contributed by atoms with E-state index >= 15 is 0 Å². The van der Waals surface area contributed by atoms with Crippen molar-refractivity contribution in [1.29, 1.82) is 0 Å². The minimum absolute atomic E-state index is 0.276. The Bertz CT molecular complexity index is 567. The van der Waals surface area contributed by atoms with E-state index in [1.165, 1.54) is 6.20 Å². The van der Waals surface area contributed by atoms with Crippen LogP contribution in [0.4, 0.5) is 5.69 Å². The molecule has 0 unspecified atom stereocenters. The van der Waals surface area contributed by atoms with E-state index in [9.17, 15) is 4.79 Å². The summed E-state index contributed by atoms with van der Waals surface area (Å²) in [6.07, 6.45) is 3.56. The summed E-state index contributed by atoms with van der Waals surface area (Å²) < 4.78 is 5.12. The summed E-state index contributed by atoms with van der Waals surface area (Å²) in [4.78, 5) is 15.3. The van der Waals surface area contributed by atoms with Crippen molar-refractivity contribution in [3.05, 3.63) is 42.7 Å². The van der Waals surface area contributed by atoms with Crippen molar-refractivity contribution in [2.24, 2.45) is 0 Å². The van der Waals surface area contributed by atoms with Crippen LogP contribution in [0.25, 0.3) is 11.1 Å². The standard InChI is InChI=1S/C14H14N2O2/c1-2-14(17)18-13-7-11(8-16-9-13)10-4-3-5-12(15)6-10/h3-9H,2,15H2,1H3. The fourth-order valence-corrected chi connectivity index (χ4v) is 1.55. The smallest absolute Gasteiger partial charge is 0.310 e. The fourth-order valence-electron chi connectivity index (χ4n) is 1.55. The molecular weight excluding hydrogens is 228 g/mol. The predicted molar refractivity (Wildman–Crippen MR) is 70.0 cm³/mol. The molecule has 4 nitrogen and oxygen atoms in total. The van der Waals surface area contributed by atoms with E-state index < -0.39 is 0 Å². The van der Waals surface area contributed by atoms with Crippen LogP contribution in [0.3, 0.4) is 0 Å². The average molecular weight is 242 g/mol. The van der Waals surface area contributed by atoms with Gasteiger partial charge >= 0.3 is 5.97 Å². The number of anilines is 1. The van der Waals surface area contributed by atoms with Gasteiger partial charge in [-0.05, 0) is 23.8 Å². The number of nitrogens with two attached hydrogens (primary N) is 1. The van der Waals surface area contributed by atoms with Gasteiger partial charge in [0.25, 0.3) is 0 Å². The first-order valence-electron chi connectivity index (χ1n) is 5.70. The number of nitrogens with zero attached hydrogens (tertiary/aromatic N) is 1. The van der Waals surface area contributed by atoms with Crippen molar-refractivity contribution < 1.29 is 9.53 Å². The maximum Gasteiger partial charge on any atom is 0.310 e. The molecule has 0 spiro atoms. The van der Waals surface area contributed by atoms with Crippen molar-refractivity contribution in [3.63, 3.8) is 0 Å². The van der Waals surface area contributed by atoms with Crippen molar-refractivity contribution in [3.8, 4) is 16.9 Å². The zero-order valence-electron chi connectivity index (χ0n) is 10.1. The lowest BCUT2D eigenvalue weighted by Crippen LogP contribution is -2.05. The fraction of sp³-hybridized carbons (Fsp3) is 0.143. The highest BCUT2D eigenvalue weighted by molar-refractivity contribution is 5.73. The quantitative estimate of drug-likeness (QED) is 0.663. The number of hydrogen-bond acceptors (Lipinski definition) is 4. The normalized spacial score (nSPS) is 10.1. The van der Waals surface area contributed by atoms with Crippen LogP contribution in [0.5, 0.6) is 5.75 Å². The molecule has 4 heteroatoms. The average Bonchev–Trinajstić information content (AvgIpc) is 2.39. The Morgan fingerprint density at radius 2 is 2.11 bits per heavy atom. The molecule has 2 rings (SSSR count). The van der Waals surface area contributed by atoms with Crippen molar-refractivity contribution in [1.82, 2.24) is 4.98 Å². The van der Waals surface area contributed by atoms with Crippen LogP contribution in [-0.4, -0.2) is 11.0 Å². The zero-order chi connectivity index (χ0) is 13.0. The topological polar surface area (TPSA) is 65.2 Å². The number of rotatable bonds is 3. The van der Waals surface area contributed by atoms with E-state index in [-0.39, 0.29) is 5.97 Å². The monoisotopic (exact) mass is 242 g/mol. The lowest BCUT2D eigenvalue weighted by Gasteiger charge is -2.06. The molecule has 18 heavy (non-hydrogen) atoms. The SMILES string of the molecule is CCC(=O)Oc1cncc(-c2cccc(N)c2)c1. The highest BCUT2D eigenvalue weighted by Crippen LogP contribution is 2.24. The molecule has 0 atom stereocenters. The molecule has 92 valence electrons. The molecule has 0 saturated heterocycles. The zero-order valence-corrected chi connectivity index (χ0v) is 10.1. The number of carbonyl (C=O) groups is 1. The Labute approximate surface area is 105 Å². The highest BCUT2D eigenvalue weighted by Gasteiger charge is 2.04. The Morgan fingerprint density at radius 1 is 1.28 bits per heavy atom. The third kappa shape index (κ3) is 2.85. The van der Waals surface area contributed by atoms with E-state index in [1.54, 1.807) is 19.2 Å². The Kier molecular flexibility index (Phi) is 3.57. The van der Waals surface area contributed by atoms with Gasteiger partial charge in [0.2, 0.25) is 0 Å². The molecule has 2 N–H and O–H groups in total. The number of nitrogen functional groups attached to an aromatic ring is 1. The van der Waals surface area contributed by atoms with Crippen LogP contribution in [0.15, 0.2) is 42.7 Å². The molecule has 1 aromatic heterocycles. The van der Waals surface area contributed by atoms with Gasteiger partial charge in [-0.15, -0.1) is 0 Å². The minimum Gasteiger partial charge on any atom is -0.425 e. The molecule has 2 aromatic rings. The Balaban J connectivity index is 2.29. The number of aromatic nitrogens is 1. The summed E-state index contributed by atoms with van der Waals surface area (Å²) >= 11 is 0. The van der Waals surface area contributed by atoms with Crippen LogP contribution in [0.1, 0.15) is 13.3 Å². The number of esters is 1. The van der Waals surface area contributed by atoms with Crippen LogP contribution >= 0.6 is 0 Å². The minimum atomic E-state index is -0.276. The second-order valence-electron chi connectivity index (χ2n) is 3.86. The Morgan fingerprint density at radius 3 is 2.83 bits per heavy atom. The summed E-state index contributed by atoms with van der Waals surface area (Å²) in [6, 6.07) is 9.24. The van der Waals surface area contributed by atoms with Gasteiger partial charge in [0.05, 0.1) is 6.20 Å². The molecule has 0 aliphatic carbocycles. The van der Waals surface area contributed by atoms with Crippen LogP contribution in [0, 0.1) is 0 Å². The summed E-state index contributed by atoms with van der Waals surface area (Å²) in [5, 5.41) is 0. The van der Waals surface area contributed by atoms with Gasteiger partial charge in [-0.3, -0.25) is 9.78 Å². The van der Waals surface area contributed by atoms with Crippen molar-refractivity contribution in [2.75, 3.05) is 5.73 Å². The van der Waals surface area contributed by atoms with Crippen LogP contribution < -0.4 is 10.5 Å². The van der Waals surface area contributed by atoms with Gasteiger partial charge in [-0.1, -0.05) is 19.1 Å². The number of hydrogen-bond donors (Lipinski definition) is 1. The van der Waals surface area contributed by atoms with E-state index in [4.69, 9.17) is 10.5 Å². The van der Waals surface area contributed by atoms with E-state index in [1.807, 2.05) is 24.3 Å². The second kappa shape index (κ2) is 5.31. The first kappa shape index (κ1) is 12.1. The number of carbonyl (C=O) groups excluding carboxylic acids is 1. The molecule has 0 aliphatic rings. The second-order valence-corrected chi connectivity index (χ2v) is 3.86. The predicted octanol–water partition coefficient (Wildman–Crippen LogP) is 2.65. The highest BCUT2D eigenvalue weighted by atomic mass is 16.5. The molecule has 1 aromatic carbocycles. The molecule has 0 saturated carbocycles. The van der Waals surface area contributed by atoms with E-state index in [2.05, 4.69) is 4.98 Å². The maximum absolute atomic E-state index is 11.2. The molecule has 0 fully saturated rings. The van der Waals surface area contributed by atoms with Crippen molar-refractivity contribution in [2.45, 2.75) is 13.3 Å². The summed E-state index contributed by atoms with van der Waals surface area (Å²) in [6.45, 7) is 1.75. The first-order chi connectivity index (χ1) is 8.69. The van der Waals surface area contributed by atoms with E-state index in [0.29, 0.717) is 17.9 Å². The molecule has 0 aliphatic heterocycles. The largest absolute Gasteiger partial charge is 0.425 e. The maximum atomic E-state index is 11.2. The third-order valence-corrected chi connectivity index (χ3v) is 2.45. The summed E-state index contributed by atoms with van der Waals surface area (Å²) in [5.74, 6) is 0.170. The number of benzene rings is 1. The van der Waals surface area contributed by atoms with Crippen LogP contribution in [0.2, 0.25) is 0 Å². The van der Waals surface area contributed by atoms with Gasteiger partial charge < -0.3 is 10.5 Å². The number of ether oxygens (including phenoxy) is 1. The lowest BCUT2D eigenvalue weighted by molar-refractivity contribution is -0.134. The number of pyridine rings is 1. The molecule has 1 heterocycles. The molecule has 0 radical (unpaired) electrons. The molecule has 0 amide bonds. The first-order valence-corrected chi connectivity index (χ1v) is 5.70. The van der Waals surface area contributed by atoms with E-state index in [0.717, 1.165) is 11.1 Å². The van der Waals surface area contributed by atoms with Gasteiger partial charge in [-0.25, -0.2) is 0 Å². The van der Waals surface area contributed by atoms with Crippen LogP contribution in [-0.2, 0) is 4.79 Å².